The number of carbonyl (C=O) groups excluding carboxylic acids is 4. The molecule has 0 saturated carbocycles. The van der Waals surface area contributed by atoms with Gasteiger partial charge in [-0.3, -0.25) is 14.4 Å². The third-order valence-corrected chi connectivity index (χ3v) is 6.12. The molecule has 0 radical (unpaired) electrons. The van der Waals surface area contributed by atoms with Crippen molar-refractivity contribution in [1.29, 1.82) is 0 Å². The van der Waals surface area contributed by atoms with E-state index in [4.69, 9.17) is 21.1 Å². The Morgan fingerprint density at radius 1 is 0.875 bits per heavy atom. The third kappa shape index (κ3) is 6.68. The molecule has 1 aliphatic rings. The van der Waals surface area contributed by atoms with Crippen LogP contribution in [-0.2, 0) is 25.5 Å². The number of hydrogen-bond donors (Lipinski definition) is 2. The van der Waals surface area contributed by atoms with Crippen molar-refractivity contribution in [3.05, 3.63) is 94.7 Å². The zero-order chi connectivity index (χ0) is 28.8. The lowest BCUT2D eigenvalue weighted by molar-refractivity contribution is -0.120. The Labute approximate surface area is 236 Å². The van der Waals surface area contributed by atoms with Crippen LogP contribution < -0.4 is 20.3 Å². The minimum absolute atomic E-state index is 0.0354. The third-order valence-electron chi connectivity index (χ3n) is 5.77. The van der Waals surface area contributed by atoms with E-state index in [1.165, 1.54) is 0 Å². The lowest BCUT2D eigenvalue weighted by Crippen LogP contribution is -2.32. The number of rotatable bonds is 10. The first kappa shape index (κ1) is 28.4. The predicted octanol–water partition coefficient (Wildman–Crippen LogP) is 5.27. The summed E-state index contributed by atoms with van der Waals surface area (Å²) in [5.74, 6) is -1.25. The first-order chi connectivity index (χ1) is 19.2. The first-order valence-corrected chi connectivity index (χ1v) is 13.0. The first-order valence-electron chi connectivity index (χ1n) is 12.6. The van der Waals surface area contributed by atoms with Crippen molar-refractivity contribution >= 4 is 52.4 Å². The number of ether oxygens (including phenoxy) is 2. The average molecular weight is 562 g/mol. The van der Waals surface area contributed by atoms with Gasteiger partial charge in [-0.2, -0.15) is 0 Å². The van der Waals surface area contributed by atoms with Crippen LogP contribution in [0.2, 0.25) is 0 Å². The standard InChI is InChI=1S/C30H28ClN3O6/c1-4-39-24-15-13-23(14-16-24)34-28(36)26(31)27(29(34)37)33-22-9-5-19(6-10-22)17-25(35)32-21-11-7-20(8-12-21)30(38)40-18(2)3/h5-16,18,33H,4,17H2,1-3H3,(H,32,35). The lowest BCUT2D eigenvalue weighted by atomic mass is 10.1. The molecule has 1 heterocycles. The number of halogens is 1. The normalized spacial score (nSPS) is 13.1. The van der Waals surface area contributed by atoms with Crippen molar-refractivity contribution in [2.45, 2.75) is 33.3 Å². The summed E-state index contributed by atoms with van der Waals surface area (Å²) in [7, 11) is 0. The molecular formula is C30H28ClN3O6. The molecule has 3 aromatic rings. The smallest absolute Gasteiger partial charge is 0.338 e. The van der Waals surface area contributed by atoms with Crippen LogP contribution in [0.5, 0.6) is 5.75 Å². The van der Waals surface area contributed by atoms with E-state index in [9.17, 15) is 19.2 Å². The van der Waals surface area contributed by atoms with Crippen LogP contribution in [0.3, 0.4) is 0 Å². The van der Waals surface area contributed by atoms with Gasteiger partial charge in [0.05, 0.1) is 30.4 Å². The second-order valence-corrected chi connectivity index (χ2v) is 9.52. The molecule has 0 saturated heterocycles. The lowest BCUT2D eigenvalue weighted by Gasteiger charge is -2.15. The van der Waals surface area contributed by atoms with Crippen molar-refractivity contribution in [2.75, 3.05) is 22.1 Å². The number of esters is 1. The molecular weight excluding hydrogens is 534 g/mol. The second kappa shape index (κ2) is 12.5. The fourth-order valence-corrected chi connectivity index (χ4v) is 4.13. The molecule has 40 heavy (non-hydrogen) atoms. The summed E-state index contributed by atoms with van der Waals surface area (Å²) in [6.45, 7) is 5.90. The number of benzene rings is 3. The van der Waals surface area contributed by atoms with Crippen LogP contribution >= 0.6 is 11.6 Å². The van der Waals surface area contributed by atoms with Crippen LogP contribution in [0.15, 0.2) is 83.5 Å². The quantitative estimate of drug-likeness (QED) is 0.256. The SMILES string of the molecule is CCOc1ccc(N2C(=O)C(Cl)=C(Nc3ccc(CC(=O)Nc4ccc(C(=O)OC(C)C)cc4)cc3)C2=O)cc1. The van der Waals surface area contributed by atoms with Crippen molar-refractivity contribution < 1.29 is 28.7 Å². The number of nitrogens with zero attached hydrogens (tertiary/aromatic N) is 1. The minimum Gasteiger partial charge on any atom is -0.494 e. The Morgan fingerprint density at radius 3 is 2.10 bits per heavy atom. The largest absolute Gasteiger partial charge is 0.494 e. The van der Waals surface area contributed by atoms with Gasteiger partial charge in [0.1, 0.15) is 16.5 Å². The molecule has 206 valence electrons. The van der Waals surface area contributed by atoms with E-state index in [-0.39, 0.29) is 29.2 Å². The molecule has 9 nitrogen and oxygen atoms in total. The van der Waals surface area contributed by atoms with Crippen molar-refractivity contribution in [3.63, 3.8) is 0 Å². The highest BCUT2D eigenvalue weighted by atomic mass is 35.5. The Bertz CT molecular complexity index is 1450. The summed E-state index contributed by atoms with van der Waals surface area (Å²) in [5.41, 5.74) is 2.54. The number of amides is 3. The number of anilines is 3. The van der Waals surface area contributed by atoms with Gasteiger partial charge in [-0.05, 0) is 87.0 Å². The number of hydrogen-bond acceptors (Lipinski definition) is 7. The summed E-state index contributed by atoms with van der Waals surface area (Å²) >= 11 is 6.23. The van der Waals surface area contributed by atoms with Crippen molar-refractivity contribution in [1.82, 2.24) is 0 Å². The molecule has 4 rings (SSSR count). The van der Waals surface area contributed by atoms with E-state index < -0.39 is 17.8 Å². The van der Waals surface area contributed by atoms with E-state index >= 15 is 0 Å². The number of carbonyl (C=O) groups is 4. The van der Waals surface area contributed by atoms with E-state index in [1.807, 2.05) is 6.92 Å². The summed E-state index contributed by atoms with van der Waals surface area (Å²) in [4.78, 5) is 51.2. The summed E-state index contributed by atoms with van der Waals surface area (Å²) in [6, 6.07) is 19.9. The highest BCUT2D eigenvalue weighted by Gasteiger charge is 2.39. The van der Waals surface area contributed by atoms with Gasteiger partial charge >= 0.3 is 5.97 Å². The molecule has 3 amide bonds. The van der Waals surface area contributed by atoms with Gasteiger partial charge < -0.3 is 20.1 Å². The molecule has 1 aliphatic heterocycles. The van der Waals surface area contributed by atoms with E-state index in [1.54, 1.807) is 86.6 Å². The van der Waals surface area contributed by atoms with E-state index in [0.29, 0.717) is 35.0 Å². The zero-order valence-electron chi connectivity index (χ0n) is 22.2. The van der Waals surface area contributed by atoms with Gasteiger partial charge in [0.2, 0.25) is 5.91 Å². The highest BCUT2D eigenvalue weighted by Crippen LogP contribution is 2.31. The topological polar surface area (TPSA) is 114 Å². The van der Waals surface area contributed by atoms with E-state index in [2.05, 4.69) is 10.6 Å². The fraction of sp³-hybridized carbons (Fsp3) is 0.200. The summed E-state index contributed by atoms with van der Waals surface area (Å²) < 4.78 is 10.6. The van der Waals surface area contributed by atoms with Gasteiger partial charge in [-0.1, -0.05) is 23.7 Å². The molecule has 0 atom stereocenters. The van der Waals surface area contributed by atoms with Crippen LogP contribution in [0.1, 0.15) is 36.7 Å². The second-order valence-electron chi connectivity index (χ2n) is 9.14. The Balaban J connectivity index is 1.35. The van der Waals surface area contributed by atoms with Crippen molar-refractivity contribution in [3.8, 4) is 5.75 Å². The maximum absolute atomic E-state index is 13.0. The van der Waals surface area contributed by atoms with Crippen LogP contribution in [-0.4, -0.2) is 36.4 Å². The van der Waals surface area contributed by atoms with Crippen molar-refractivity contribution in [2.24, 2.45) is 0 Å². The Morgan fingerprint density at radius 2 is 1.50 bits per heavy atom. The van der Waals surface area contributed by atoms with Gasteiger partial charge in [0.15, 0.2) is 0 Å². The number of nitrogens with one attached hydrogen (secondary N) is 2. The summed E-state index contributed by atoms with van der Waals surface area (Å²) in [5, 5.41) is 5.50. The van der Waals surface area contributed by atoms with Crippen LogP contribution in [0.4, 0.5) is 17.1 Å². The highest BCUT2D eigenvalue weighted by molar-refractivity contribution is 6.53. The molecule has 0 unspecified atom stereocenters. The van der Waals surface area contributed by atoms with Gasteiger partial charge in [-0.25, -0.2) is 9.69 Å². The molecule has 3 aromatic carbocycles. The average Bonchev–Trinajstić information content (AvgIpc) is 3.13. The molecule has 2 N–H and O–H groups in total. The Kier molecular flexibility index (Phi) is 8.86. The summed E-state index contributed by atoms with van der Waals surface area (Å²) in [6.07, 6.45) is -0.119. The fourth-order valence-electron chi connectivity index (χ4n) is 3.92. The molecule has 10 heteroatoms. The molecule has 0 bridgehead atoms. The molecule has 0 aliphatic carbocycles. The van der Waals surface area contributed by atoms with Crippen LogP contribution in [0.25, 0.3) is 0 Å². The molecule has 0 aromatic heterocycles. The maximum Gasteiger partial charge on any atom is 0.338 e. The molecule has 0 spiro atoms. The molecule has 0 fully saturated rings. The Hall–Kier alpha value is -4.63. The van der Waals surface area contributed by atoms with E-state index in [0.717, 1.165) is 10.5 Å². The monoisotopic (exact) mass is 561 g/mol. The van der Waals surface area contributed by atoms with Crippen LogP contribution in [0, 0.1) is 0 Å². The minimum atomic E-state index is -0.628. The predicted molar refractivity (Wildman–Crippen MR) is 152 cm³/mol. The van der Waals surface area contributed by atoms with Gasteiger partial charge in [0, 0.05) is 11.4 Å². The van der Waals surface area contributed by atoms with Gasteiger partial charge in [-0.15, -0.1) is 0 Å². The maximum atomic E-state index is 13.0. The number of imide groups is 1. The zero-order valence-corrected chi connectivity index (χ0v) is 23.0. The van der Waals surface area contributed by atoms with Gasteiger partial charge in [0.25, 0.3) is 11.8 Å².